The molecule has 0 fully saturated rings. The summed E-state index contributed by atoms with van der Waals surface area (Å²) in [7, 11) is 0. The Labute approximate surface area is 205 Å². The van der Waals surface area contributed by atoms with Crippen molar-refractivity contribution in [2.75, 3.05) is 17.7 Å². The largest absolute Gasteiger partial charge is 0.494 e. The van der Waals surface area contributed by atoms with Crippen LogP contribution in [0.5, 0.6) is 5.75 Å². The molecular formula is C23H23ClN6O3S. The van der Waals surface area contributed by atoms with Crippen molar-refractivity contribution in [1.29, 1.82) is 0 Å². The van der Waals surface area contributed by atoms with Gasteiger partial charge in [-0.1, -0.05) is 54.4 Å². The van der Waals surface area contributed by atoms with Crippen molar-refractivity contribution in [3.63, 3.8) is 0 Å². The molecule has 4 aromatic rings. The quantitative estimate of drug-likeness (QED) is 0.313. The summed E-state index contributed by atoms with van der Waals surface area (Å²) in [6.07, 6.45) is 0. The highest BCUT2D eigenvalue weighted by atomic mass is 35.5. The Morgan fingerprint density at radius 2 is 1.94 bits per heavy atom. The van der Waals surface area contributed by atoms with Crippen molar-refractivity contribution in [2.45, 2.75) is 31.8 Å². The predicted molar refractivity (Wildman–Crippen MR) is 131 cm³/mol. The number of nitrogens with zero attached hydrogens (tertiary/aromatic N) is 5. The lowest BCUT2D eigenvalue weighted by Crippen LogP contribution is -2.15. The van der Waals surface area contributed by atoms with E-state index in [1.165, 1.54) is 11.8 Å². The van der Waals surface area contributed by atoms with E-state index in [2.05, 4.69) is 25.7 Å². The highest BCUT2D eigenvalue weighted by Gasteiger charge is 2.19. The maximum Gasteiger partial charge on any atom is 0.322 e. The van der Waals surface area contributed by atoms with E-state index in [0.717, 1.165) is 17.0 Å². The molecule has 4 rings (SSSR count). The van der Waals surface area contributed by atoms with Crippen LogP contribution in [0.15, 0.2) is 58.1 Å². The van der Waals surface area contributed by atoms with Crippen molar-refractivity contribution in [1.82, 2.24) is 25.0 Å². The second kappa shape index (κ2) is 10.7. The molecule has 0 saturated carbocycles. The molecule has 2 heterocycles. The van der Waals surface area contributed by atoms with Crippen molar-refractivity contribution in [3.8, 4) is 22.8 Å². The SMILES string of the molecule is CCOc1ccc(-n2c(SCC(=O)Nc3nnc(C(C)C)o3)nnc2-c2cccc(Cl)c2)cc1. The number of carbonyl (C=O) groups is 1. The van der Waals surface area contributed by atoms with Crippen molar-refractivity contribution < 1.29 is 13.9 Å². The lowest BCUT2D eigenvalue weighted by atomic mass is 10.2. The van der Waals surface area contributed by atoms with Crippen LogP contribution in [0.4, 0.5) is 6.01 Å². The van der Waals surface area contributed by atoms with Crippen LogP contribution < -0.4 is 10.1 Å². The second-order valence-corrected chi connectivity index (χ2v) is 8.89. The molecule has 2 aromatic heterocycles. The van der Waals surface area contributed by atoms with Crippen molar-refractivity contribution in [2.24, 2.45) is 0 Å². The maximum atomic E-state index is 12.5. The van der Waals surface area contributed by atoms with Gasteiger partial charge in [-0.25, -0.2) is 0 Å². The smallest absolute Gasteiger partial charge is 0.322 e. The number of ether oxygens (including phenoxy) is 1. The topological polar surface area (TPSA) is 108 Å². The first-order chi connectivity index (χ1) is 16.4. The van der Waals surface area contributed by atoms with E-state index < -0.39 is 0 Å². The van der Waals surface area contributed by atoms with Gasteiger partial charge in [-0.3, -0.25) is 14.7 Å². The lowest BCUT2D eigenvalue weighted by Gasteiger charge is -2.11. The van der Waals surface area contributed by atoms with Crippen LogP contribution in [0.1, 0.15) is 32.6 Å². The number of rotatable bonds is 9. The second-order valence-electron chi connectivity index (χ2n) is 7.52. The van der Waals surface area contributed by atoms with Gasteiger partial charge in [-0.2, -0.15) is 0 Å². The number of hydrogen-bond donors (Lipinski definition) is 1. The number of hydrogen-bond acceptors (Lipinski definition) is 8. The third-order valence-corrected chi connectivity index (χ3v) is 5.80. The fourth-order valence-corrected chi connectivity index (χ4v) is 4.01. The highest BCUT2D eigenvalue weighted by molar-refractivity contribution is 7.99. The number of thioether (sulfide) groups is 1. The zero-order valence-electron chi connectivity index (χ0n) is 18.9. The number of nitrogens with one attached hydrogen (secondary N) is 1. The first kappa shape index (κ1) is 23.8. The van der Waals surface area contributed by atoms with Crippen LogP contribution in [0, 0.1) is 0 Å². The van der Waals surface area contributed by atoms with Crippen LogP contribution >= 0.6 is 23.4 Å². The normalized spacial score (nSPS) is 11.1. The Hall–Kier alpha value is -3.37. The summed E-state index contributed by atoms with van der Waals surface area (Å²) in [6.45, 7) is 6.37. The molecule has 1 N–H and O–H groups in total. The third kappa shape index (κ3) is 5.57. The number of halogens is 1. The molecule has 0 radical (unpaired) electrons. The molecule has 9 nitrogen and oxygen atoms in total. The van der Waals surface area contributed by atoms with Gasteiger partial charge in [0.05, 0.1) is 12.4 Å². The summed E-state index contributed by atoms with van der Waals surface area (Å²) in [5, 5.41) is 20.2. The Morgan fingerprint density at radius 1 is 1.15 bits per heavy atom. The van der Waals surface area contributed by atoms with Gasteiger partial charge < -0.3 is 9.15 Å². The molecule has 0 aliphatic rings. The van der Waals surface area contributed by atoms with Gasteiger partial charge in [0.15, 0.2) is 11.0 Å². The molecule has 34 heavy (non-hydrogen) atoms. The van der Waals surface area contributed by atoms with Gasteiger partial charge >= 0.3 is 6.01 Å². The molecule has 0 unspecified atom stereocenters. The Balaban J connectivity index is 1.58. The molecule has 0 atom stereocenters. The van der Waals surface area contributed by atoms with Crippen LogP contribution in [-0.4, -0.2) is 43.2 Å². The van der Waals surface area contributed by atoms with Gasteiger partial charge in [0.1, 0.15) is 5.75 Å². The summed E-state index contributed by atoms with van der Waals surface area (Å²) in [4.78, 5) is 12.5. The summed E-state index contributed by atoms with van der Waals surface area (Å²) in [5.74, 6) is 1.68. The molecular weight excluding hydrogens is 476 g/mol. The minimum absolute atomic E-state index is 0.0712. The number of aromatic nitrogens is 5. The fourth-order valence-electron chi connectivity index (χ4n) is 3.07. The molecule has 0 spiro atoms. The van der Waals surface area contributed by atoms with E-state index in [9.17, 15) is 4.79 Å². The molecule has 0 aliphatic heterocycles. The Bertz CT molecular complexity index is 1270. The van der Waals surface area contributed by atoms with Crippen LogP contribution in [-0.2, 0) is 4.79 Å². The average Bonchev–Trinajstić information content (AvgIpc) is 3.46. The molecule has 0 bridgehead atoms. The summed E-state index contributed by atoms with van der Waals surface area (Å²) in [5.41, 5.74) is 1.63. The maximum absolute atomic E-state index is 12.5. The van der Waals surface area contributed by atoms with E-state index in [1.54, 1.807) is 6.07 Å². The first-order valence-corrected chi connectivity index (χ1v) is 12.0. The highest BCUT2D eigenvalue weighted by Crippen LogP contribution is 2.30. The zero-order valence-corrected chi connectivity index (χ0v) is 20.4. The summed E-state index contributed by atoms with van der Waals surface area (Å²) < 4.78 is 12.9. The Morgan fingerprint density at radius 3 is 2.62 bits per heavy atom. The number of anilines is 1. The van der Waals surface area contributed by atoms with Crippen LogP contribution in [0.25, 0.3) is 17.1 Å². The lowest BCUT2D eigenvalue weighted by molar-refractivity contribution is -0.113. The molecule has 11 heteroatoms. The van der Waals surface area contributed by atoms with Crippen molar-refractivity contribution >= 4 is 35.3 Å². The standard InChI is InChI=1S/C23H23ClN6O3S/c1-4-32-18-10-8-17(9-11-18)30-20(15-6-5-7-16(24)12-15)26-29-23(30)34-13-19(31)25-22-28-27-21(33-22)14(2)3/h5-12,14H,4,13H2,1-3H3,(H,25,28,31). The summed E-state index contributed by atoms with van der Waals surface area (Å²) >= 11 is 7.44. The molecule has 1 amide bonds. The molecule has 0 aliphatic carbocycles. The van der Waals surface area contributed by atoms with Gasteiger partial charge in [0.25, 0.3) is 0 Å². The predicted octanol–water partition coefficient (Wildman–Crippen LogP) is 5.22. The average molecular weight is 499 g/mol. The van der Waals surface area contributed by atoms with Gasteiger partial charge in [0, 0.05) is 22.2 Å². The van der Waals surface area contributed by atoms with E-state index in [-0.39, 0.29) is 23.6 Å². The van der Waals surface area contributed by atoms with Crippen molar-refractivity contribution in [3.05, 3.63) is 59.4 Å². The molecule has 176 valence electrons. The Kier molecular flexibility index (Phi) is 7.49. The van der Waals surface area contributed by atoms with E-state index in [1.807, 2.05) is 67.8 Å². The fraction of sp³-hybridized carbons (Fsp3) is 0.261. The van der Waals surface area contributed by atoms with Gasteiger partial charge in [-0.05, 0) is 43.3 Å². The van der Waals surface area contributed by atoms with Crippen LogP contribution in [0.3, 0.4) is 0 Å². The first-order valence-electron chi connectivity index (χ1n) is 10.6. The van der Waals surface area contributed by atoms with Gasteiger partial charge in [-0.15, -0.1) is 15.3 Å². The number of amides is 1. The van der Waals surface area contributed by atoms with E-state index >= 15 is 0 Å². The van der Waals surface area contributed by atoms with Crippen LogP contribution in [0.2, 0.25) is 5.02 Å². The summed E-state index contributed by atoms with van der Waals surface area (Å²) in [6, 6.07) is 15.0. The third-order valence-electron chi connectivity index (χ3n) is 4.64. The molecule has 2 aromatic carbocycles. The van der Waals surface area contributed by atoms with E-state index in [4.69, 9.17) is 20.8 Å². The zero-order chi connectivity index (χ0) is 24.1. The minimum atomic E-state index is -0.297. The minimum Gasteiger partial charge on any atom is -0.494 e. The van der Waals surface area contributed by atoms with E-state index in [0.29, 0.717) is 28.5 Å². The van der Waals surface area contributed by atoms with Gasteiger partial charge in [0.2, 0.25) is 11.8 Å². The number of carbonyl (C=O) groups excluding carboxylic acids is 1. The monoisotopic (exact) mass is 498 g/mol. The number of benzene rings is 2. The molecule has 0 saturated heterocycles.